The monoisotopic (exact) mass is 344 g/mol. The number of benzene rings is 3. The minimum Gasteiger partial charge on any atom is -0.338 e. The summed E-state index contributed by atoms with van der Waals surface area (Å²) in [6, 6.07) is 23.9. The van der Waals surface area contributed by atoms with Crippen molar-refractivity contribution in [3.05, 3.63) is 88.9 Å². The Labute approximate surface area is 149 Å². The highest BCUT2D eigenvalue weighted by Crippen LogP contribution is 2.33. The van der Waals surface area contributed by atoms with Gasteiger partial charge in [0.2, 0.25) is 0 Å². The molecule has 3 aromatic carbocycles. The van der Waals surface area contributed by atoms with Gasteiger partial charge < -0.3 is 5.32 Å². The maximum atomic E-state index is 6.26. The van der Waals surface area contributed by atoms with Crippen LogP contribution in [0.3, 0.4) is 0 Å². The zero-order valence-electron chi connectivity index (χ0n) is 13.1. The van der Waals surface area contributed by atoms with Gasteiger partial charge in [0.25, 0.3) is 0 Å². The van der Waals surface area contributed by atoms with E-state index >= 15 is 0 Å². The number of hydrogen-bond acceptors (Lipinski definition) is 3. The van der Waals surface area contributed by atoms with E-state index in [0.29, 0.717) is 5.02 Å². The lowest BCUT2D eigenvalue weighted by Crippen LogP contribution is -2.06. The topological polar surface area (TPSA) is 42.2 Å². The standard InChI is InChI=1S/C20H13ClN4/c21-14-10-11-17-16(12-14)19(13-6-2-1-3-7-13)24-25-20(22-17)15-8-4-5-9-18(15)23-25/h1-12,22H. The van der Waals surface area contributed by atoms with E-state index in [4.69, 9.17) is 16.7 Å². The van der Waals surface area contributed by atoms with Gasteiger partial charge in [0, 0.05) is 27.2 Å². The van der Waals surface area contributed by atoms with Crippen molar-refractivity contribution in [1.29, 1.82) is 0 Å². The number of nitrogens with zero attached hydrogens (tertiary/aromatic N) is 3. The highest BCUT2D eigenvalue weighted by molar-refractivity contribution is 6.31. The van der Waals surface area contributed by atoms with Crippen LogP contribution in [0.5, 0.6) is 0 Å². The predicted molar refractivity (Wildman–Crippen MR) is 102 cm³/mol. The van der Waals surface area contributed by atoms with Crippen molar-refractivity contribution in [3.63, 3.8) is 0 Å². The van der Waals surface area contributed by atoms with Crippen molar-refractivity contribution in [2.75, 3.05) is 5.32 Å². The van der Waals surface area contributed by atoms with Gasteiger partial charge in [0.1, 0.15) is 5.71 Å². The van der Waals surface area contributed by atoms with Crippen molar-refractivity contribution in [2.45, 2.75) is 0 Å². The highest BCUT2D eigenvalue weighted by atomic mass is 35.5. The van der Waals surface area contributed by atoms with Gasteiger partial charge in [-0.3, -0.25) is 0 Å². The summed E-state index contributed by atoms with van der Waals surface area (Å²) in [5.74, 6) is 0.852. The molecule has 0 unspecified atom stereocenters. The summed E-state index contributed by atoms with van der Waals surface area (Å²) in [7, 11) is 0. The van der Waals surface area contributed by atoms with E-state index in [1.165, 1.54) is 0 Å². The average molecular weight is 345 g/mol. The molecule has 5 rings (SSSR count). The minimum atomic E-state index is 0.675. The molecule has 0 saturated heterocycles. The van der Waals surface area contributed by atoms with E-state index in [1.54, 1.807) is 4.79 Å². The molecule has 4 aromatic rings. The van der Waals surface area contributed by atoms with E-state index in [0.717, 1.165) is 39.2 Å². The van der Waals surface area contributed by atoms with Crippen LogP contribution < -0.4 is 5.32 Å². The van der Waals surface area contributed by atoms with Crippen molar-refractivity contribution < 1.29 is 0 Å². The summed E-state index contributed by atoms with van der Waals surface area (Å²) in [5.41, 5.74) is 4.65. The Balaban J connectivity index is 1.84. The lowest BCUT2D eigenvalue weighted by molar-refractivity contribution is 0.764. The van der Waals surface area contributed by atoms with Crippen molar-refractivity contribution in [1.82, 2.24) is 9.89 Å². The van der Waals surface area contributed by atoms with Crippen LogP contribution in [0.25, 0.3) is 10.9 Å². The van der Waals surface area contributed by atoms with Crippen LogP contribution in [-0.2, 0) is 0 Å². The third kappa shape index (κ3) is 2.30. The zero-order valence-corrected chi connectivity index (χ0v) is 13.9. The molecule has 0 amide bonds. The fourth-order valence-electron chi connectivity index (χ4n) is 3.12. The third-order valence-corrected chi connectivity index (χ3v) is 4.53. The molecule has 120 valence electrons. The molecule has 25 heavy (non-hydrogen) atoms. The summed E-state index contributed by atoms with van der Waals surface area (Å²) >= 11 is 6.26. The summed E-state index contributed by atoms with van der Waals surface area (Å²) in [6.45, 7) is 0. The van der Waals surface area contributed by atoms with Crippen LogP contribution in [0.4, 0.5) is 11.5 Å². The summed E-state index contributed by atoms with van der Waals surface area (Å²) in [4.78, 5) is 1.67. The molecule has 0 radical (unpaired) electrons. The molecule has 0 spiro atoms. The molecular weight excluding hydrogens is 332 g/mol. The van der Waals surface area contributed by atoms with Crippen molar-refractivity contribution in [2.24, 2.45) is 5.10 Å². The summed E-state index contributed by atoms with van der Waals surface area (Å²) < 4.78 is 0. The second kappa shape index (κ2) is 5.46. The van der Waals surface area contributed by atoms with Gasteiger partial charge in [-0.2, -0.15) is 0 Å². The third-order valence-electron chi connectivity index (χ3n) is 4.29. The molecule has 0 saturated carbocycles. The Bertz CT molecular complexity index is 1130. The van der Waals surface area contributed by atoms with Crippen LogP contribution >= 0.6 is 11.6 Å². The number of hydrogen-bond donors (Lipinski definition) is 1. The minimum absolute atomic E-state index is 0.675. The number of halogens is 1. The number of fused-ring (bicyclic) bond motifs is 4. The van der Waals surface area contributed by atoms with Gasteiger partial charge in [-0.05, 0) is 30.3 Å². The number of anilines is 2. The normalized spacial score (nSPS) is 12.8. The molecule has 1 aliphatic heterocycles. The fourth-order valence-corrected chi connectivity index (χ4v) is 3.29. The molecule has 1 N–H and O–H groups in total. The first-order chi connectivity index (χ1) is 12.3. The first-order valence-electron chi connectivity index (χ1n) is 7.99. The van der Waals surface area contributed by atoms with Gasteiger partial charge >= 0.3 is 0 Å². The van der Waals surface area contributed by atoms with E-state index in [1.807, 2.05) is 72.8 Å². The molecule has 0 atom stereocenters. The van der Waals surface area contributed by atoms with Gasteiger partial charge in [-0.25, -0.2) is 0 Å². The SMILES string of the molecule is Clc1ccc2c(c1)C(c1ccccc1)=Nn1nc3ccccc3c1N2. The van der Waals surface area contributed by atoms with Gasteiger partial charge in [0.05, 0.1) is 5.52 Å². The van der Waals surface area contributed by atoms with E-state index < -0.39 is 0 Å². The highest BCUT2D eigenvalue weighted by Gasteiger charge is 2.21. The molecule has 2 heterocycles. The van der Waals surface area contributed by atoms with Crippen LogP contribution in [0.15, 0.2) is 77.9 Å². The quantitative estimate of drug-likeness (QED) is 0.462. The van der Waals surface area contributed by atoms with Crippen LogP contribution in [0.1, 0.15) is 11.1 Å². The van der Waals surface area contributed by atoms with Crippen LogP contribution in [0, 0.1) is 0 Å². The second-order valence-corrected chi connectivity index (χ2v) is 6.32. The number of aromatic nitrogens is 2. The summed E-state index contributed by atoms with van der Waals surface area (Å²) in [6.07, 6.45) is 0. The largest absolute Gasteiger partial charge is 0.338 e. The van der Waals surface area contributed by atoms with E-state index in [-0.39, 0.29) is 0 Å². The number of nitrogens with one attached hydrogen (secondary N) is 1. The molecule has 0 aliphatic carbocycles. The average Bonchev–Trinajstić information content (AvgIpc) is 2.91. The lowest BCUT2D eigenvalue weighted by atomic mass is 10.0. The predicted octanol–water partition coefficient (Wildman–Crippen LogP) is 5.05. The van der Waals surface area contributed by atoms with Crippen LogP contribution in [-0.4, -0.2) is 15.6 Å². The smallest absolute Gasteiger partial charge is 0.162 e. The van der Waals surface area contributed by atoms with Crippen molar-refractivity contribution in [3.8, 4) is 0 Å². The van der Waals surface area contributed by atoms with Crippen LogP contribution in [0.2, 0.25) is 5.02 Å². The Morgan fingerprint density at radius 2 is 1.68 bits per heavy atom. The van der Waals surface area contributed by atoms with E-state index in [2.05, 4.69) is 10.4 Å². The molecule has 1 aliphatic rings. The Morgan fingerprint density at radius 3 is 2.56 bits per heavy atom. The molecule has 4 nitrogen and oxygen atoms in total. The molecule has 0 bridgehead atoms. The van der Waals surface area contributed by atoms with Gasteiger partial charge in [-0.15, -0.1) is 15.0 Å². The Morgan fingerprint density at radius 1 is 0.880 bits per heavy atom. The molecular formula is C20H13ClN4. The Hall–Kier alpha value is -3.11. The second-order valence-electron chi connectivity index (χ2n) is 5.88. The van der Waals surface area contributed by atoms with Gasteiger partial charge in [0.15, 0.2) is 5.82 Å². The summed E-state index contributed by atoms with van der Waals surface area (Å²) in [5, 5.41) is 14.6. The van der Waals surface area contributed by atoms with E-state index in [9.17, 15) is 0 Å². The fraction of sp³-hybridized carbons (Fsp3) is 0. The maximum absolute atomic E-state index is 6.26. The number of rotatable bonds is 1. The lowest BCUT2D eigenvalue weighted by Gasteiger charge is -2.10. The molecule has 0 fully saturated rings. The van der Waals surface area contributed by atoms with Crippen molar-refractivity contribution >= 4 is 39.7 Å². The zero-order chi connectivity index (χ0) is 16.8. The first-order valence-corrected chi connectivity index (χ1v) is 8.36. The maximum Gasteiger partial charge on any atom is 0.162 e. The molecule has 5 heteroatoms. The molecule has 1 aromatic heterocycles. The first kappa shape index (κ1) is 14.3. The Kier molecular flexibility index (Phi) is 3.11. The van der Waals surface area contributed by atoms with Gasteiger partial charge in [-0.1, -0.05) is 54.1 Å².